The second kappa shape index (κ2) is 4.68. The van der Waals surface area contributed by atoms with E-state index in [0.29, 0.717) is 12.2 Å². The van der Waals surface area contributed by atoms with E-state index in [-0.39, 0.29) is 0 Å². The minimum Gasteiger partial charge on any atom is -0.480 e. The number of rotatable bonds is 4. The third-order valence-electron chi connectivity index (χ3n) is 2.39. The molecule has 1 rings (SSSR count). The molecule has 0 heterocycles. The van der Waals surface area contributed by atoms with Gasteiger partial charge in [-0.25, -0.2) is 4.79 Å². The Balaban J connectivity index is 2.92. The fourth-order valence-electron chi connectivity index (χ4n) is 1.48. The molecule has 1 atom stereocenters. The molecular formula is C11H16N2O2. The first kappa shape index (κ1) is 11.4. The number of carboxylic acid groups (broad SMARTS) is 1. The normalized spacial score (nSPS) is 12.1. The summed E-state index contributed by atoms with van der Waals surface area (Å²) in [6.45, 7) is 4.25. The minimum absolute atomic E-state index is 0.529. The Kier molecular flexibility index (Phi) is 3.55. The molecule has 0 spiro atoms. The molecule has 4 nitrogen and oxygen atoms in total. The number of nitrogen functional groups attached to an aromatic ring is 1. The zero-order valence-electron chi connectivity index (χ0n) is 8.97. The SMILES string of the molecule is CCN(c1ccc(N)cc1)C(C)C(=O)O. The fraction of sp³-hybridized carbons (Fsp3) is 0.364. The molecule has 0 radical (unpaired) electrons. The quantitative estimate of drug-likeness (QED) is 0.737. The minimum atomic E-state index is -0.825. The predicted octanol–water partition coefficient (Wildman–Crippen LogP) is 1.57. The van der Waals surface area contributed by atoms with Crippen LogP contribution in [0.5, 0.6) is 0 Å². The lowest BCUT2D eigenvalue weighted by Crippen LogP contribution is -2.38. The van der Waals surface area contributed by atoms with Crippen molar-refractivity contribution >= 4 is 17.3 Å². The van der Waals surface area contributed by atoms with Gasteiger partial charge in [-0.3, -0.25) is 0 Å². The Morgan fingerprint density at radius 2 is 2.00 bits per heavy atom. The van der Waals surface area contributed by atoms with Crippen LogP contribution in [0, 0.1) is 0 Å². The molecule has 1 aromatic carbocycles. The molecule has 3 N–H and O–H groups in total. The summed E-state index contributed by atoms with van der Waals surface area (Å²) in [5.74, 6) is -0.825. The number of hydrogen-bond donors (Lipinski definition) is 2. The smallest absolute Gasteiger partial charge is 0.326 e. The summed E-state index contributed by atoms with van der Waals surface area (Å²) in [5.41, 5.74) is 7.12. The number of benzene rings is 1. The molecular weight excluding hydrogens is 192 g/mol. The monoisotopic (exact) mass is 208 g/mol. The first-order valence-corrected chi connectivity index (χ1v) is 4.91. The van der Waals surface area contributed by atoms with Gasteiger partial charge in [-0.05, 0) is 38.1 Å². The van der Waals surface area contributed by atoms with Crippen molar-refractivity contribution in [3.8, 4) is 0 Å². The van der Waals surface area contributed by atoms with Gasteiger partial charge in [-0.1, -0.05) is 0 Å². The first-order chi connectivity index (χ1) is 7.06. The van der Waals surface area contributed by atoms with Gasteiger partial charge in [0.2, 0.25) is 0 Å². The maximum atomic E-state index is 10.9. The fourth-order valence-corrected chi connectivity index (χ4v) is 1.48. The number of carbonyl (C=O) groups is 1. The van der Waals surface area contributed by atoms with E-state index in [1.54, 1.807) is 19.1 Å². The molecule has 0 aliphatic carbocycles. The van der Waals surface area contributed by atoms with Crippen LogP contribution in [0.1, 0.15) is 13.8 Å². The number of nitrogens with two attached hydrogens (primary N) is 1. The van der Waals surface area contributed by atoms with E-state index < -0.39 is 12.0 Å². The average Bonchev–Trinajstić information content (AvgIpc) is 2.21. The molecule has 0 aliphatic heterocycles. The van der Waals surface area contributed by atoms with Gasteiger partial charge in [0.05, 0.1) is 0 Å². The van der Waals surface area contributed by atoms with E-state index in [1.807, 2.05) is 24.0 Å². The Labute approximate surface area is 89.3 Å². The highest BCUT2D eigenvalue weighted by molar-refractivity contribution is 5.77. The Morgan fingerprint density at radius 3 is 2.40 bits per heavy atom. The van der Waals surface area contributed by atoms with Gasteiger partial charge in [0.25, 0.3) is 0 Å². The molecule has 1 unspecified atom stereocenters. The van der Waals surface area contributed by atoms with E-state index in [1.165, 1.54) is 0 Å². The summed E-state index contributed by atoms with van der Waals surface area (Å²) in [7, 11) is 0. The number of hydrogen-bond acceptors (Lipinski definition) is 3. The summed E-state index contributed by atoms with van der Waals surface area (Å²) >= 11 is 0. The summed E-state index contributed by atoms with van der Waals surface area (Å²) < 4.78 is 0. The highest BCUT2D eigenvalue weighted by atomic mass is 16.4. The van der Waals surface area contributed by atoms with E-state index in [9.17, 15) is 4.79 Å². The van der Waals surface area contributed by atoms with Crippen LogP contribution in [0.3, 0.4) is 0 Å². The van der Waals surface area contributed by atoms with E-state index >= 15 is 0 Å². The van der Waals surface area contributed by atoms with Crippen molar-refractivity contribution in [2.75, 3.05) is 17.2 Å². The molecule has 15 heavy (non-hydrogen) atoms. The molecule has 0 saturated carbocycles. The first-order valence-electron chi connectivity index (χ1n) is 4.91. The third kappa shape index (κ3) is 2.62. The van der Waals surface area contributed by atoms with Gasteiger partial charge in [0, 0.05) is 17.9 Å². The molecule has 0 aliphatic rings. The van der Waals surface area contributed by atoms with Crippen LogP contribution in [0.15, 0.2) is 24.3 Å². The van der Waals surface area contributed by atoms with Crippen LogP contribution in [0.2, 0.25) is 0 Å². The number of aliphatic carboxylic acids is 1. The van der Waals surface area contributed by atoms with Crippen LogP contribution in [0.25, 0.3) is 0 Å². The molecule has 0 amide bonds. The van der Waals surface area contributed by atoms with Crippen LogP contribution < -0.4 is 10.6 Å². The van der Waals surface area contributed by atoms with Crippen molar-refractivity contribution in [1.29, 1.82) is 0 Å². The van der Waals surface area contributed by atoms with E-state index in [4.69, 9.17) is 10.8 Å². The second-order valence-corrected chi connectivity index (χ2v) is 3.39. The Bertz CT molecular complexity index is 335. The Morgan fingerprint density at radius 1 is 1.47 bits per heavy atom. The van der Waals surface area contributed by atoms with Crippen LogP contribution >= 0.6 is 0 Å². The molecule has 0 saturated heterocycles. The van der Waals surface area contributed by atoms with Crippen molar-refractivity contribution in [1.82, 2.24) is 0 Å². The number of likely N-dealkylation sites (N-methyl/N-ethyl adjacent to an activating group) is 1. The van der Waals surface area contributed by atoms with Crippen LogP contribution in [-0.4, -0.2) is 23.7 Å². The Hall–Kier alpha value is -1.71. The number of anilines is 2. The van der Waals surface area contributed by atoms with E-state index in [2.05, 4.69) is 0 Å². The highest BCUT2D eigenvalue weighted by Gasteiger charge is 2.18. The molecule has 1 aromatic rings. The molecule has 0 fully saturated rings. The van der Waals surface area contributed by atoms with Gasteiger partial charge in [0.15, 0.2) is 0 Å². The van der Waals surface area contributed by atoms with Crippen LogP contribution in [0.4, 0.5) is 11.4 Å². The number of nitrogens with zero attached hydrogens (tertiary/aromatic N) is 1. The third-order valence-corrected chi connectivity index (χ3v) is 2.39. The summed E-state index contributed by atoms with van der Waals surface area (Å²) in [6, 6.07) is 6.67. The predicted molar refractivity (Wildman–Crippen MR) is 61.0 cm³/mol. The lowest BCUT2D eigenvalue weighted by atomic mass is 10.2. The summed E-state index contributed by atoms with van der Waals surface area (Å²) in [5, 5.41) is 8.93. The van der Waals surface area contributed by atoms with Gasteiger partial charge < -0.3 is 15.7 Å². The van der Waals surface area contributed by atoms with E-state index in [0.717, 1.165) is 5.69 Å². The summed E-state index contributed by atoms with van der Waals surface area (Å²) in [4.78, 5) is 12.7. The second-order valence-electron chi connectivity index (χ2n) is 3.39. The zero-order valence-corrected chi connectivity index (χ0v) is 8.97. The van der Waals surface area contributed by atoms with Crippen molar-refractivity contribution in [2.24, 2.45) is 0 Å². The topological polar surface area (TPSA) is 66.6 Å². The maximum absolute atomic E-state index is 10.9. The maximum Gasteiger partial charge on any atom is 0.326 e. The molecule has 4 heteroatoms. The lowest BCUT2D eigenvalue weighted by molar-refractivity contribution is -0.138. The van der Waals surface area contributed by atoms with Crippen molar-refractivity contribution in [3.63, 3.8) is 0 Å². The van der Waals surface area contributed by atoms with Gasteiger partial charge in [-0.2, -0.15) is 0 Å². The molecule has 0 aromatic heterocycles. The standard InChI is InChI=1S/C11H16N2O2/c1-3-13(8(2)11(14)15)10-6-4-9(12)5-7-10/h4-8H,3,12H2,1-2H3,(H,14,15). The molecule has 82 valence electrons. The average molecular weight is 208 g/mol. The molecule has 0 bridgehead atoms. The highest BCUT2D eigenvalue weighted by Crippen LogP contribution is 2.18. The lowest BCUT2D eigenvalue weighted by Gasteiger charge is -2.27. The zero-order chi connectivity index (χ0) is 11.4. The van der Waals surface area contributed by atoms with Gasteiger partial charge in [0.1, 0.15) is 6.04 Å². The van der Waals surface area contributed by atoms with Crippen molar-refractivity contribution in [2.45, 2.75) is 19.9 Å². The largest absolute Gasteiger partial charge is 0.480 e. The van der Waals surface area contributed by atoms with Crippen molar-refractivity contribution in [3.05, 3.63) is 24.3 Å². The van der Waals surface area contributed by atoms with Crippen LogP contribution in [-0.2, 0) is 4.79 Å². The number of carboxylic acids is 1. The summed E-state index contributed by atoms with van der Waals surface area (Å²) in [6.07, 6.45) is 0. The van der Waals surface area contributed by atoms with Crippen molar-refractivity contribution < 1.29 is 9.90 Å². The van der Waals surface area contributed by atoms with Gasteiger partial charge in [-0.15, -0.1) is 0 Å². The van der Waals surface area contributed by atoms with Gasteiger partial charge >= 0.3 is 5.97 Å².